The number of hydrogen-bond acceptors (Lipinski definition) is 3. The Morgan fingerprint density at radius 3 is 2.48 bits per heavy atom. The van der Waals surface area contributed by atoms with E-state index in [1.54, 1.807) is 9.80 Å². The molecular weight excluding hydrogens is 442 g/mol. The number of carbonyl (C=O) groups excluding carboxylic acids is 2. The van der Waals surface area contributed by atoms with Crippen molar-refractivity contribution in [2.45, 2.75) is 44.8 Å². The molecule has 0 bridgehead atoms. The number of aromatic nitrogens is 2. The van der Waals surface area contributed by atoms with E-state index in [2.05, 4.69) is 15.5 Å². The average Bonchev–Trinajstić information content (AvgIpc) is 3.22. The molecule has 2 aliphatic rings. The number of carbonyl (C=O) groups is 2. The number of nitrogens with one attached hydrogen (secondary N) is 2. The smallest absolute Gasteiger partial charge is 0.341 e. The van der Waals surface area contributed by atoms with Crippen molar-refractivity contribution in [3.63, 3.8) is 0 Å². The Kier molecular flexibility index (Phi) is 6.06. The summed E-state index contributed by atoms with van der Waals surface area (Å²) in [5.41, 5.74) is 0.386. The number of hydrogen-bond donors (Lipinski definition) is 2. The van der Waals surface area contributed by atoms with Gasteiger partial charge in [0.1, 0.15) is 5.82 Å². The van der Waals surface area contributed by atoms with Crippen molar-refractivity contribution in [2.24, 2.45) is 0 Å². The Balaban J connectivity index is 1.49. The summed E-state index contributed by atoms with van der Waals surface area (Å²) in [7, 11) is 1.54. The Hall–Kier alpha value is -3.11. The van der Waals surface area contributed by atoms with Gasteiger partial charge in [0.15, 0.2) is 5.69 Å². The van der Waals surface area contributed by atoms with E-state index in [9.17, 15) is 27.2 Å². The predicted molar refractivity (Wildman–Crippen MR) is 111 cm³/mol. The summed E-state index contributed by atoms with van der Waals surface area (Å²) in [6, 6.07) is 2.47. The number of fused-ring (bicyclic) bond motifs is 1. The van der Waals surface area contributed by atoms with Gasteiger partial charge < -0.3 is 15.1 Å². The minimum Gasteiger partial charge on any atom is -0.341 e. The molecule has 0 atom stereocenters. The van der Waals surface area contributed by atoms with Crippen LogP contribution < -0.4 is 5.32 Å². The third-order valence-corrected chi connectivity index (χ3v) is 6.51. The molecule has 0 aliphatic carbocycles. The van der Waals surface area contributed by atoms with Crippen molar-refractivity contribution < 1.29 is 27.2 Å². The summed E-state index contributed by atoms with van der Waals surface area (Å²) in [5, 5.41) is 9.60. The van der Waals surface area contributed by atoms with Gasteiger partial charge in [0.05, 0.1) is 12.1 Å². The van der Waals surface area contributed by atoms with Crippen LogP contribution in [0, 0.1) is 12.7 Å². The Morgan fingerprint density at radius 1 is 1.15 bits per heavy atom. The molecule has 2 N–H and O–H groups in total. The summed E-state index contributed by atoms with van der Waals surface area (Å²) >= 11 is 0. The second kappa shape index (κ2) is 8.68. The number of rotatable bonds is 2. The zero-order valence-electron chi connectivity index (χ0n) is 18.4. The van der Waals surface area contributed by atoms with Gasteiger partial charge in [0.25, 0.3) is 5.91 Å². The number of aryl methyl sites for hydroxylation is 1. The molecule has 3 amide bonds. The molecule has 2 aromatic rings. The summed E-state index contributed by atoms with van der Waals surface area (Å²) in [6.07, 6.45) is -3.67. The molecule has 33 heavy (non-hydrogen) atoms. The van der Waals surface area contributed by atoms with Crippen LogP contribution in [0.3, 0.4) is 0 Å². The number of aromatic amines is 1. The highest BCUT2D eigenvalue weighted by Gasteiger charge is 2.40. The average molecular weight is 467 g/mol. The predicted octanol–water partition coefficient (Wildman–Crippen LogP) is 3.59. The van der Waals surface area contributed by atoms with Crippen LogP contribution in [-0.4, -0.2) is 58.6 Å². The molecule has 2 aliphatic heterocycles. The Bertz CT molecular complexity index is 1070. The first-order valence-corrected chi connectivity index (χ1v) is 10.8. The van der Waals surface area contributed by atoms with Crippen molar-refractivity contribution in [3.05, 3.63) is 51.6 Å². The van der Waals surface area contributed by atoms with E-state index in [0.717, 1.165) is 5.69 Å². The second-order valence-electron chi connectivity index (χ2n) is 8.48. The molecule has 7 nitrogen and oxygen atoms in total. The van der Waals surface area contributed by atoms with Crippen LogP contribution in [0.15, 0.2) is 12.1 Å². The number of benzene rings is 1. The standard InChI is InChI=1S/C22H25F4N5O2/c1-12-3-4-14(17(18(12)23)22(24,25)26)13-5-8-30(9-6-13)20(32)19-15-11-31(21(33)27-2)10-7-16(15)28-29-19/h3-4,13H,5-11H2,1-2H3,(H,27,33)(H,28,29). The molecule has 178 valence electrons. The van der Waals surface area contributed by atoms with E-state index in [0.29, 0.717) is 18.5 Å². The van der Waals surface area contributed by atoms with E-state index in [4.69, 9.17) is 0 Å². The SMILES string of the molecule is CNC(=O)N1CCc2[nH]nc(C(=O)N3CCC(c4ccc(C)c(F)c4C(F)(F)F)CC3)c2C1. The fourth-order valence-electron chi connectivity index (χ4n) is 4.67. The topological polar surface area (TPSA) is 81.3 Å². The number of alkyl halides is 3. The van der Waals surface area contributed by atoms with Gasteiger partial charge in [0.2, 0.25) is 0 Å². The van der Waals surface area contributed by atoms with Gasteiger partial charge in [-0.15, -0.1) is 0 Å². The minimum atomic E-state index is -4.79. The highest BCUT2D eigenvalue weighted by atomic mass is 19.4. The third kappa shape index (κ3) is 4.28. The zero-order valence-corrected chi connectivity index (χ0v) is 18.4. The fourth-order valence-corrected chi connectivity index (χ4v) is 4.67. The van der Waals surface area contributed by atoms with Gasteiger partial charge >= 0.3 is 12.2 Å². The van der Waals surface area contributed by atoms with Gasteiger partial charge in [0, 0.05) is 44.4 Å². The van der Waals surface area contributed by atoms with Crippen molar-refractivity contribution in [3.8, 4) is 0 Å². The highest BCUT2D eigenvalue weighted by Crippen LogP contribution is 2.41. The first-order valence-electron chi connectivity index (χ1n) is 10.8. The molecule has 0 unspecified atom stereocenters. The molecule has 0 radical (unpaired) electrons. The maximum atomic E-state index is 14.3. The quantitative estimate of drug-likeness (QED) is 0.663. The molecule has 1 aromatic heterocycles. The number of nitrogens with zero attached hydrogens (tertiary/aromatic N) is 3. The van der Waals surface area contributed by atoms with Gasteiger partial charge in [-0.25, -0.2) is 9.18 Å². The van der Waals surface area contributed by atoms with Crippen LogP contribution in [0.2, 0.25) is 0 Å². The van der Waals surface area contributed by atoms with Crippen molar-refractivity contribution >= 4 is 11.9 Å². The molecular formula is C22H25F4N5O2. The molecule has 0 spiro atoms. The van der Waals surface area contributed by atoms with E-state index in [1.165, 1.54) is 26.1 Å². The second-order valence-corrected chi connectivity index (χ2v) is 8.48. The lowest BCUT2D eigenvalue weighted by Gasteiger charge is -2.33. The lowest BCUT2D eigenvalue weighted by Crippen LogP contribution is -2.42. The maximum Gasteiger partial charge on any atom is 0.419 e. The summed E-state index contributed by atoms with van der Waals surface area (Å²) in [5.74, 6) is -2.06. The van der Waals surface area contributed by atoms with E-state index < -0.39 is 23.5 Å². The zero-order chi connectivity index (χ0) is 23.9. The summed E-state index contributed by atoms with van der Waals surface area (Å²) < 4.78 is 55.0. The number of urea groups is 1. The lowest BCUT2D eigenvalue weighted by atomic mass is 9.85. The van der Waals surface area contributed by atoms with E-state index in [1.807, 2.05) is 0 Å². The normalized spacial score (nSPS) is 17.2. The van der Waals surface area contributed by atoms with Gasteiger partial charge in [-0.05, 0) is 36.8 Å². The van der Waals surface area contributed by atoms with E-state index in [-0.39, 0.29) is 61.2 Å². The van der Waals surface area contributed by atoms with Crippen molar-refractivity contribution in [1.82, 2.24) is 25.3 Å². The molecule has 11 heteroatoms. The first kappa shape index (κ1) is 23.1. The molecule has 4 rings (SSSR count). The monoisotopic (exact) mass is 467 g/mol. The Morgan fingerprint density at radius 2 is 1.85 bits per heavy atom. The number of halogens is 4. The molecule has 1 fully saturated rings. The maximum absolute atomic E-state index is 14.3. The molecule has 1 aromatic carbocycles. The molecule has 1 saturated heterocycles. The van der Waals surface area contributed by atoms with Crippen LogP contribution in [0.1, 0.15) is 57.2 Å². The minimum absolute atomic E-state index is 0.0483. The number of piperidine rings is 1. The van der Waals surface area contributed by atoms with E-state index >= 15 is 0 Å². The Labute approximate surface area is 188 Å². The van der Waals surface area contributed by atoms with Gasteiger partial charge in [-0.1, -0.05) is 12.1 Å². The van der Waals surface area contributed by atoms with Gasteiger partial charge in [-0.2, -0.15) is 18.3 Å². The lowest BCUT2D eigenvalue weighted by molar-refractivity contribution is -0.141. The number of H-pyrrole nitrogens is 1. The van der Waals surface area contributed by atoms with Crippen LogP contribution in [0.4, 0.5) is 22.4 Å². The van der Waals surface area contributed by atoms with Crippen LogP contribution in [0.5, 0.6) is 0 Å². The van der Waals surface area contributed by atoms with Gasteiger partial charge in [-0.3, -0.25) is 9.89 Å². The van der Waals surface area contributed by atoms with Crippen LogP contribution in [-0.2, 0) is 19.1 Å². The number of amides is 3. The summed E-state index contributed by atoms with van der Waals surface area (Å²) in [4.78, 5) is 28.3. The summed E-state index contributed by atoms with van der Waals surface area (Å²) in [6.45, 7) is 2.53. The first-order chi connectivity index (χ1) is 15.6. The van der Waals surface area contributed by atoms with Crippen LogP contribution in [0.25, 0.3) is 0 Å². The third-order valence-electron chi connectivity index (χ3n) is 6.51. The van der Waals surface area contributed by atoms with Crippen molar-refractivity contribution in [2.75, 3.05) is 26.7 Å². The van der Waals surface area contributed by atoms with Crippen LogP contribution >= 0.6 is 0 Å². The molecule has 3 heterocycles. The highest BCUT2D eigenvalue weighted by molar-refractivity contribution is 5.94. The number of likely N-dealkylation sites (tertiary alicyclic amines) is 1. The molecule has 0 saturated carbocycles. The van der Waals surface area contributed by atoms with Crippen molar-refractivity contribution in [1.29, 1.82) is 0 Å². The largest absolute Gasteiger partial charge is 0.419 e. The fraction of sp³-hybridized carbons (Fsp3) is 0.500.